The molecule has 0 saturated heterocycles. The highest BCUT2D eigenvalue weighted by Gasteiger charge is 2.15. The molecular formula is C14H18F2N4O2. The fourth-order valence-corrected chi connectivity index (χ4v) is 2.02. The first-order chi connectivity index (χ1) is 10.5. The number of benzene rings is 1. The number of aromatic nitrogens is 2. The summed E-state index contributed by atoms with van der Waals surface area (Å²) in [6, 6.07) is 3.04. The summed E-state index contributed by atoms with van der Waals surface area (Å²) >= 11 is 0. The lowest BCUT2D eigenvalue weighted by molar-refractivity contribution is 0.232. The molecule has 22 heavy (non-hydrogen) atoms. The molecule has 0 aliphatic heterocycles. The number of anilines is 1. The summed E-state index contributed by atoms with van der Waals surface area (Å²) in [6.45, 7) is 1.32. The molecule has 2 aromatic rings. The van der Waals surface area contributed by atoms with Crippen LogP contribution in [0.15, 0.2) is 18.5 Å². The SMILES string of the molecule is COc1cc2ncnc(N(F)F)c2cc1OCCCN(C)C. The third-order valence-electron chi connectivity index (χ3n) is 3.07. The Hall–Kier alpha value is -2.22. The Bertz CT molecular complexity index is 638. The van der Waals surface area contributed by atoms with E-state index in [0.29, 0.717) is 23.6 Å². The lowest BCUT2D eigenvalue weighted by Gasteiger charge is -2.14. The molecule has 2 rings (SSSR count). The minimum absolute atomic E-state index is 0.205. The predicted molar refractivity (Wildman–Crippen MR) is 79.5 cm³/mol. The largest absolute Gasteiger partial charge is 0.493 e. The summed E-state index contributed by atoms with van der Waals surface area (Å²) in [5, 5.41) is -0.831. The second-order valence-electron chi connectivity index (χ2n) is 4.96. The van der Waals surface area contributed by atoms with E-state index in [1.807, 2.05) is 19.0 Å². The average Bonchev–Trinajstić information content (AvgIpc) is 2.49. The van der Waals surface area contributed by atoms with Gasteiger partial charge in [-0.3, -0.25) is 0 Å². The number of methoxy groups -OCH3 is 1. The number of hydrogen-bond acceptors (Lipinski definition) is 6. The van der Waals surface area contributed by atoms with Crippen LogP contribution in [-0.4, -0.2) is 49.2 Å². The van der Waals surface area contributed by atoms with Crippen LogP contribution in [0.1, 0.15) is 6.42 Å². The van der Waals surface area contributed by atoms with Crippen LogP contribution in [-0.2, 0) is 0 Å². The Morgan fingerprint density at radius 3 is 2.55 bits per heavy atom. The molecule has 0 saturated carbocycles. The Labute approximate surface area is 127 Å². The van der Waals surface area contributed by atoms with Gasteiger partial charge < -0.3 is 14.4 Å². The summed E-state index contributed by atoms with van der Waals surface area (Å²) < 4.78 is 36.6. The summed E-state index contributed by atoms with van der Waals surface area (Å²) in [5.74, 6) is 0.378. The van der Waals surface area contributed by atoms with E-state index in [9.17, 15) is 8.96 Å². The van der Waals surface area contributed by atoms with Gasteiger partial charge in [0, 0.05) is 12.6 Å². The maximum Gasteiger partial charge on any atom is 0.205 e. The van der Waals surface area contributed by atoms with Crippen LogP contribution in [0, 0.1) is 0 Å². The van der Waals surface area contributed by atoms with E-state index < -0.39 is 11.2 Å². The first-order valence-corrected chi connectivity index (χ1v) is 6.75. The normalized spacial score (nSPS) is 11.0. The molecule has 0 bridgehead atoms. The van der Waals surface area contributed by atoms with Crippen molar-refractivity contribution in [3.63, 3.8) is 0 Å². The van der Waals surface area contributed by atoms with Crippen molar-refractivity contribution in [3.8, 4) is 11.5 Å². The highest BCUT2D eigenvalue weighted by Crippen LogP contribution is 2.35. The molecule has 8 heteroatoms. The van der Waals surface area contributed by atoms with Gasteiger partial charge in [-0.05, 0) is 31.9 Å². The molecule has 0 atom stereocenters. The number of fused-ring (bicyclic) bond motifs is 1. The van der Waals surface area contributed by atoms with Crippen LogP contribution in [0.3, 0.4) is 0 Å². The summed E-state index contributed by atoms with van der Waals surface area (Å²) in [5.41, 5.74) is 0.364. The third-order valence-corrected chi connectivity index (χ3v) is 3.07. The molecule has 1 aromatic heterocycles. The summed E-state index contributed by atoms with van der Waals surface area (Å²) in [7, 11) is 5.43. The maximum absolute atomic E-state index is 12.9. The topological polar surface area (TPSA) is 50.7 Å². The van der Waals surface area contributed by atoms with Gasteiger partial charge >= 0.3 is 0 Å². The van der Waals surface area contributed by atoms with Crippen LogP contribution in [0.2, 0.25) is 0 Å². The van der Waals surface area contributed by atoms with E-state index in [-0.39, 0.29) is 5.39 Å². The van der Waals surface area contributed by atoms with E-state index in [1.54, 1.807) is 6.07 Å². The minimum Gasteiger partial charge on any atom is -0.493 e. The van der Waals surface area contributed by atoms with Crippen molar-refractivity contribution in [3.05, 3.63) is 18.5 Å². The fourth-order valence-electron chi connectivity index (χ4n) is 2.02. The Morgan fingerprint density at radius 2 is 1.91 bits per heavy atom. The highest BCUT2D eigenvalue weighted by molar-refractivity contribution is 5.91. The van der Waals surface area contributed by atoms with Gasteiger partial charge in [0.25, 0.3) is 0 Å². The molecule has 1 aromatic carbocycles. The molecule has 6 nitrogen and oxygen atoms in total. The second kappa shape index (κ2) is 7.17. The standard InChI is InChI=1S/C14H18F2N4O2/c1-19(2)5-4-6-22-13-7-10-11(8-12(13)21-3)17-9-18-14(10)20(15)16/h7-9H,4-6H2,1-3H3. The van der Waals surface area contributed by atoms with Gasteiger partial charge in [-0.25, -0.2) is 9.97 Å². The molecule has 0 aliphatic rings. The van der Waals surface area contributed by atoms with Crippen molar-refractivity contribution < 1.29 is 18.4 Å². The van der Waals surface area contributed by atoms with E-state index in [2.05, 4.69) is 9.97 Å². The average molecular weight is 312 g/mol. The lowest BCUT2D eigenvalue weighted by Crippen LogP contribution is -2.15. The van der Waals surface area contributed by atoms with E-state index in [4.69, 9.17) is 9.47 Å². The number of nitrogens with zero attached hydrogens (tertiary/aromatic N) is 4. The van der Waals surface area contributed by atoms with Gasteiger partial charge in [-0.2, -0.15) is 0 Å². The Balaban J connectivity index is 2.29. The van der Waals surface area contributed by atoms with Crippen molar-refractivity contribution in [1.82, 2.24) is 14.9 Å². The zero-order valence-electron chi connectivity index (χ0n) is 12.7. The van der Waals surface area contributed by atoms with Gasteiger partial charge in [0.2, 0.25) is 5.82 Å². The summed E-state index contributed by atoms with van der Waals surface area (Å²) in [4.78, 5) is 9.60. The van der Waals surface area contributed by atoms with Crippen molar-refractivity contribution in [2.24, 2.45) is 0 Å². The molecule has 120 valence electrons. The molecular weight excluding hydrogens is 294 g/mol. The van der Waals surface area contributed by atoms with E-state index in [0.717, 1.165) is 19.3 Å². The zero-order chi connectivity index (χ0) is 16.1. The first kappa shape index (κ1) is 16.2. The van der Waals surface area contributed by atoms with E-state index in [1.165, 1.54) is 13.2 Å². The second-order valence-corrected chi connectivity index (χ2v) is 4.96. The van der Waals surface area contributed by atoms with Crippen molar-refractivity contribution in [2.75, 3.05) is 39.7 Å². The number of hydrogen-bond donors (Lipinski definition) is 0. The molecule has 0 amide bonds. The zero-order valence-corrected chi connectivity index (χ0v) is 12.7. The monoisotopic (exact) mass is 312 g/mol. The van der Waals surface area contributed by atoms with Crippen molar-refractivity contribution in [2.45, 2.75) is 6.42 Å². The van der Waals surface area contributed by atoms with Crippen molar-refractivity contribution >= 4 is 16.7 Å². The molecule has 0 fully saturated rings. The lowest BCUT2D eigenvalue weighted by atomic mass is 10.2. The number of ether oxygens (including phenoxy) is 2. The molecule has 0 unspecified atom stereocenters. The predicted octanol–water partition coefficient (Wildman–Crippen LogP) is 2.54. The fraction of sp³-hybridized carbons (Fsp3) is 0.429. The van der Waals surface area contributed by atoms with Gasteiger partial charge in [0.1, 0.15) is 6.33 Å². The quantitative estimate of drug-likeness (QED) is 0.578. The van der Waals surface area contributed by atoms with Crippen LogP contribution >= 0.6 is 0 Å². The summed E-state index contributed by atoms with van der Waals surface area (Å²) in [6.07, 6.45) is 1.89. The van der Waals surface area contributed by atoms with Crippen molar-refractivity contribution in [1.29, 1.82) is 0 Å². The Morgan fingerprint density at radius 1 is 1.14 bits per heavy atom. The molecule has 0 radical (unpaired) electrons. The third kappa shape index (κ3) is 3.70. The smallest absolute Gasteiger partial charge is 0.205 e. The van der Waals surface area contributed by atoms with Crippen LogP contribution < -0.4 is 14.8 Å². The number of rotatable bonds is 7. The molecule has 0 aliphatic carbocycles. The first-order valence-electron chi connectivity index (χ1n) is 6.75. The molecule has 0 spiro atoms. The van der Waals surface area contributed by atoms with Gasteiger partial charge in [0.05, 0.1) is 24.6 Å². The van der Waals surface area contributed by atoms with Crippen LogP contribution in [0.4, 0.5) is 14.8 Å². The van der Waals surface area contributed by atoms with Gasteiger partial charge in [0.15, 0.2) is 11.5 Å². The number of halogens is 2. The van der Waals surface area contributed by atoms with Gasteiger partial charge in [-0.15, -0.1) is 0 Å². The van der Waals surface area contributed by atoms with Crippen LogP contribution in [0.5, 0.6) is 11.5 Å². The molecule has 0 N–H and O–H groups in total. The minimum atomic E-state index is -1.04. The highest BCUT2D eigenvalue weighted by atomic mass is 19.4. The molecule has 1 heterocycles. The van der Waals surface area contributed by atoms with Crippen LogP contribution in [0.25, 0.3) is 10.9 Å². The maximum atomic E-state index is 12.9. The Kier molecular flexibility index (Phi) is 5.26. The van der Waals surface area contributed by atoms with E-state index >= 15 is 0 Å². The van der Waals surface area contributed by atoms with Gasteiger partial charge in [-0.1, -0.05) is 8.96 Å².